The highest BCUT2D eigenvalue weighted by molar-refractivity contribution is 7.13. The number of hydrogen-bond acceptors (Lipinski definition) is 4. The predicted octanol–water partition coefficient (Wildman–Crippen LogP) is 3.68. The third-order valence-electron chi connectivity index (χ3n) is 3.34. The van der Waals surface area contributed by atoms with Crippen molar-refractivity contribution in [3.05, 3.63) is 65.1 Å². The van der Waals surface area contributed by atoms with Crippen molar-refractivity contribution in [2.45, 2.75) is 13.3 Å². The Bertz CT molecular complexity index is 763. The molecule has 1 N–H and O–H groups in total. The van der Waals surface area contributed by atoms with E-state index in [0.29, 0.717) is 18.7 Å². The zero-order valence-corrected chi connectivity index (χ0v) is 13.0. The van der Waals surface area contributed by atoms with Crippen LogP contribution in [0.25, 0.3) is 10.6 Å². The maximum atomic E-state index is 11.7. The van der Waals surface area contributed by atoms with E-state index in [1.165, 1.54) is 17.4 Å². The van der Waals surface area contributed by atoms with Gasteiger partial charge >= 0.3 is 0 Å². The van der Waals surface area contributed by atoms with Crippen LogP contribution in [-0.4, -0.2) is 17.4 Å². The third-order valence-corrected chi connectivity index (χ3v) is 4.26. The summed E-state index contributed by atoms with van der Waals surface area (Å²) < 4.78 is 5.05. The minimum absolute atomic E-state index is 0.195. The molecule has 1 amide bonds. The van der Waals surface area contributed by atoms with Crippen molar-refractivity contribution in [3.8, 4) is 10.6 Å². The van der Waals surface area contributed by atoms with Gasteiger partial charge in [0.15, 0.2) is 5.76 Å². The number of carbonyl (C=O) groups excluding carboxylic acids is 1. The number of thiazole rings is 1. The van der Waals surface area contributed by atoms with Crippen molar-refractivity contribution in [2.75, 3.05) is 6.54 Å². The van der Waals surface area contributed by atoms with Crippen LogP contribution in [0.3, 0.4) is 0 Å². The van der Waals surface area contributed by atoms with Crippen molar-refractivity contribution in [1.29, 1.82) is 0 Å². The molecule has 22 heavy (non-hydrogen) atoms. The average molecular weight is 312 g/mol. The van der Waals surface area contributed by atoms with Crippen LogP contribution in [0, 0.1) is 6.92 Å². The van der Waals surface area contributed by atoms with Crippen LogP contribution in [-0.2, 0) is 6.42 Å². The Morgan fingerprint density at radius 1 is 1.27 bits per heavy atom. The number of nitrogens with zero attached hydrogens (tertiary/aromatic N) is 1. The number of hydrogen-bond donors (Lipinski definition) is 1. The summed E-state index contributed by atoms with van der Waals surface area (Å²) in [5.74, 6) is 0.137. The van der Waals surface area contributed by atoms with Gasteiger partial charge in [0.2, 0.25) is 0 Å². The van der Waals surface area contributed by atoms with Crippen molar-refractivity contribution in [3.63, 3.8) is 0 Å². The maximum absolute atomic E-state index is 11.7. The summed E-state index contributed by atoms with van der Waals surface area (Å²) in [6, 6.07) is 11.6. The minimum atomic E-state index is -0.195. The normalized spacial score (nSPS) is 10.6. The van der Waals surface area contributed by atoms with E-state index in [1.807, 2.05) is 17.5 Å². The summed E-state index contributed by atoms with van der Waals surface area (Å²) in [6.45, 7) is 2.62. The lowest BCUT2D eigenvalue weighted by molar-refractivity contribution is 0.0926. The van der Waals surface area contributed by atoms with Gasteiger partial charge in [0.25, 0.3) is 5.91 Å². The number of aromatic nitrogens is 1. The smallest absolute Gasteiger partial charge is 0.286 e. The number of carbonyl (C=O) groups is 1. The monoisotopic (exact) mass is 312 g/mol. The Morgan fingerprint density at radius 2 is 2.14 bits per heavy atom. The van der Waals surface area contributed by atoms with Gasteiger partial charge in [-0.15, -0.1) is 11.3 Å². The van der Waals surface area contributed by atoms with Crippen LogP contribution in [0.4, 0.5) is 0 Å². The fourth-order valence-corrected chi connectivity index (χ4v) is 3.10. The molecule has 5 heteroatoms. The Labute approximate surface area is 132 Å². The van der Waals surface area contributed by atoms with Crippen LogP contribution in [0.2, 0.25) is 0 Å². The van der Waals surface area contributed by atoms with E-state index < -0.39 is 0 Å². The highest BCUT2D eigenvalue weighted by Gasteiger charge is 2.09. The maximum Gasteiger partial charge on any atom is 0.286 e. The second kappa shape index (κ2) is 6.58. The zero-order valence-electron chi connectivity index (χ0n) is 12.2. The van der Waals surface area contributed by atoms with Gasteiger partial charge in [0.05, 0.1) is 12.0 Å². The second-order valence-corrected chi connectivity index (χ2v) is 5.80. The topological polar surface area (TPSA) is 55.1 Å². The lowest BCUT2D eigenvalue weighted by Crippen LogP contribution is -2.25. The number of benzene rings is 1. The molecule has 0 aliphatic heterocycles. The summed E-state index contributed by atoms with van der Waals surface area (Å²) in [7, 11) is 0. The number of rotatable bonds is 5. The fraction of sp³-hybridized carbons (Fsp3) is 0.176. The molecule has 2 aromatic heterocycles. The lowest BCUT2D eigenvalue weighted by atomic mass is 10.1. The molecule has 0 aliphatic rings. The lowest BCUT2D eigenvalue weighted by Gasteiger charge is -2.02. The number of amides is 1. The van der Waals surface area contributed by atoms with Gasteiger partial charge in [-0.05, 0) is 24.6 Å². The van der Waals surface area contributed by atoms with E-state index in [9.17, 15) is 4.79 Å². The van der Waals surface area contributed by atoms with Crippen molar-refractivity contribution in [2.24, 2.45) is 0 Å². The highest BCUT2D eigenvalue weighted by Crippen LogP contribution is 2.26. The molecule has 0 atom stereocenters. The van der Waals surface area contributed by atoms with Gasteiger partial charge in [-0.2, -0.15) is 0 Å². The van der Waals surface area contributed by atoms with E-state index in [-0.39, 0.29) is 5.91 Å². The van der Waals surface area contributed by atoms with Crippen LogP contribution < -0.4 is 5.32 Å². The summed E-state index contributed by atoms with van der Waals surface area (Å²) in [4.78, 5) is 16.4. The van der Waals surface area contributed by atoms with Crippen LogP contribution in [0.15, 0.2) is 52.5 Å². The van der Waals surface area contributed by atoms with Gasteiger partial charge in [-0.25, -0.2) is 4.98 Å². The first kappa shape index (κ1) is 14.5. The molecule has 0 saturated carbocycles. The van der Waals surface area contributed by atoms with Crippen LogP contribution in [0.5, 0.6) is 0 Å². The summed E-state index contributed by atoms with van der Waals surface area (Å²) in [5.41, 5.74) is 3.37. The molecule has 2 heterocycles. The molecular formula is C17H16N2O2S. The molecule has 0 saturated heterocycles. The predicted molar refractivity (Wildman–Crippen MR) is 87.0 cm³/mol. The third kappa shape index (κ3) is 3.26. The fourth-order valence-electron chi connectivity index (χ4n) is 2.16. The molecule has 0 bridgehead atoms. The minimum Gasteiger partial charge on any atom is -0.459 e. The number of aryl methyl sites for hydroxylation is 1. The average Bonchev–Trinajstić information content (AvgIpc) is 3.19. The highest BCUT2D eigenvalue weighted by atomic mass is 32.1. The van der Waals surface area contributed by atoms with Crippen LogP contribution in [0.1, 0.15) is 21.8 Å². The Hall–Kier alpha value is -2.40. The van der Waals surface area contributed by atoms with Crippen molar-refractivity contribution in [1.82, 2.24) is 10.3 Å². The van der Waals surface area contributed by atoms with E-state index >= 15 is 0 Å². The Balaban J connectivity index is 1.58. The standard InChI is InChI=1S/C17H16N2O2S/c1-12-5-2-3-6-14(12)17-19-13(11-22-17)8-9-18-16(20)15-7-4-10-21-15/h2-7,10-11H,8-9H2,1H3,(H,18,20). The molecule has 0 unspecified atom stereocenters. The van der Waals surface area contributed by atoms with Gasteiger partial charge in [0.1, 0.15) is 5.01 Å². The van der Waals surface area contributed by atoms with Gasteiger partial charge in [-0.3, -0.25) is 4.79 Å². The first-order chi connectivity index (χ1) is 10.7. The Kier molecular flexibility index (Phi) is 4.34. The molecule has 4 nitrogen and oxygen atoms in total. The van der Waals surface area contributed by atoms with E-state index in [2.05, 4.69) is 29.4 Å². The molecule has 0 fully saturated rings. The van der Waals surface area contributed by atoms with Crippen LogP contribution >= 0.6 is 11.3 Å². The van der Waals surface area contributed by atoms with Gasteiger partial charge < -0.3 is 9.73 Å². The van der Waals surface area contributed by atoms with Crippen molar-refractivity contribution < 1.29 is 9.21 Å². The first-order valence-electron chi connectivity index (χ1n) is 7.06. The quantitative estimate of drug-likeness (QED) is 0.782. The molecular weight excluding hydrogens is 296 g/mol. The second-order valence-electron chi connectivity index (χ2n) is 4.94. The number of nitrogens with one attached hydrogen (secondary N) is 1. The van der Waals surface area contributed by atoms with Gasteiger partial charge in [-0.1, -0.05) is 24.3 Å². The molecule has 1 aromatic carbocycles. The molecule has 0 radical (unpaired) electrons. The summed E-state index contributed by atoms with van der Waals surface area (Å²) in [5, 5.41) is 5.89. The van der Waals surface area contributed by atoms with Crippen molar-refractivity contribution >= 4 is 17.2 Å². The molecule has 0 aliphatic carbocycles. The largest absolute Gasteiger partial charge is 0.459 e. The van der Waals surface area contributed by atoms with E-state index in [1.54, 1.807) is 23.5 Å². The SMILES string of the molecule is Cc1ccccc1-c1nc(CCNC(=O)c2ccco2)cs1. The van der Waals surface area contributed by atoms with E-state index in [0.717, 1.165) is 10.7 Å². The molecule has 3 rings (SSSR count). The molecule has 0 spiro atoms. The summed E-state index contributed by atoms with van der Waals surface area (Å²) in [6.07, 6.45) is 2.19. The molecule has 3 aromatic rings. The number of furan rings is 1. The molecule has 112 valence electrons. The summed E-state index contributed by atoms with van der Waals surface area (Å²) >= 11 is 1.63. The zero-order chi connectivity index (χ0) is 15.4. The first-order valence-corrected chi connectivity index (χ1v) is 7.94. The Morgan fingerprint density at radius 3 is 2.91 bits per heavy atom. The van der Waals surface area contributed by atoms with Gasteiger partial charge in [0, 0.05) is 23.9 Å². The van der Waals surface area contributed by atoms with E-state index in [4.69, 9.17) is 4.42 Å².